The second-order valence-electron chi connectivity index (χ2n) is 7.40. The van der Waals surface area contributed by atoms with E-state index >= 15 is 0 Å². The number of aliphatic hydroxyl groups is 1. The lowest BCUT2D eigenvalue weighted by atomic mass is 10.1. The van der Waals surface area contributed by atoms with Crippen molar-refractivity contribution < 1.29 is 27.8 Å². The summed E-state index contributed by atoms with van der Waals surface area (Å²) in [4.78, 5) is 3.76. The van der Waals surface area contributed by atoms with E-state index in [0.29, 0.717) is 30.2 Å². The Morgan fingerprint density at radius 2 is 2.16 bits per heavy atom. The average Bonchev–Trinajstić information content (AvgIpc) is 3.13. The number of aliphatic hydroxyl groups excluding tert-OH is 1. The molecule has 3 aliphatic heterocycles. The largest absolute Gasteiger partial charge is 0.416 e. The maximum atomic E-state index is 13.1. The van der Waals surface area contributed by atoms with Crippen LogP contribution in [0.1, 0.15) is 31.2 Å². The molecule has 0 amide bonds. The third kappa shape index (κ3) is 4.82. The van der Waals surface area contributed by atoms with E-state index in [1.54, 1.807) is 11.1 Å². The predicted octanol–water partition coefficient (Wildman–Crippen LogP) is 3.82. The first kappa shape index (κ1) is 21.6. The van der Waals surface area contributed by atoms with Gasteiger partial charge in [-0.3, -0.25) is 4.90 Å². The summed E-state index contributed by atoms with van der Waals surface area (Å²) < 4.78 is 50.6. The average molecular weight is 435 g/mol. The number of nitrogens with zero attached hydrogens (tertiary/aromatic N) is 2. The fourth-order valence-corrected chi connectivity index (χ4v) is 3.78. The van der Waals surface area contributed by atoms with Crippen molar-refractivity contribution in [3.63, 3.8) is 0 Å². The summed E-state index contributed by atoms with van der Waals surface area (Å²) in [6, 6.07) is 3.57. The van der Waals surface area contributed by atoms with Gasteiger partial charge in [-0.1, -0.05) is 5.92 Å². The predicted molar refractivity (Wildman–Crippen MR) is 109 cm³/mol. The monoisotopic (exact) mass is 435 g/mol. The van der Waals surface area contributed by atoms with Gasteiger partial charge in [0.25, 0.3) is 0 Å². The first-order valence-corrected chi connectivity index (χ1v) is 10.3. The fourth-order valence-electron chi connectivity index (χ4n) is 3.78. The van der Waals surface area contributed by atoms with Crippen LogP contribution in [0.25, 0.3) is 0 Å². The van der Waals surface area contributed by atoms with Gasteiger partial charge in [-0.15, -0.1) is 0 Å². The van der Waals surface area contributed by atoms with Crippen molar-refractivity contribution in [2.24, 2.45) is 0 Å². The van der Waals surface area contributed by atoms with Gasteiger partial charge in [0.1, 0.15) is 18.1 Å². The van der Waals surface area contributed by atoms with Crippen LogP contribution in [0.5, 0.6) is 0 Å². The highest BCUT2D eigenvalue weighted by molar-refractivity contribution is 5.81. The fraction of sp³-hybridized carbons (Fsp3) is 0.455. The number of ether oxygens (including phenoxy) is 2. The molecule has 31 heavy (non-hydrogen) atoms. The van der Waals surface area contributed by atoms with Crippen molar-refractivity contribution in [2.75, 3.05) is 36.6 Å². The summed E-state index contributed by atoms with van der Waals surface area (Å²) in [7, 11) is 0. The summed E-state index contributed by atoms with van der Waals surface area (Å²) in [6.45, 7) is 1.60. The molecule has 0 bridgehead atoms. The van der Waals surface area contributed by atoms with E-state index in [2.05, 4.69) is 17.2 Å². The SMILES string of the molecule is OCC#CC1=CN(CCCOC2CCCCO2)C2=CNc3cc(C(F)(F)F)ccc3N12. The van der Waals surface area contributed by atoms with Crippen LogP contribution in [0, 0.1) is 11.8 Å². The van der Waals surface area contributed by atoms with E-state index in [4.69, 9.17) is 14.6 Å². The minimum Gasteiger partial charge on any atom is -0.384 e. The van der Waals surface area contributed by atoms with Crippen LogP contribution in [0.4, 0.5) is 24.5 Å². The number of halogens is 3. The maximum absolute atomic E-state index is 13.1. The lowest BCUT2D eigenvalue weighted by Crippen LogP contribution is -2.30. The molecule has 3 heterocycles. The molecular formula is C22H24F3N3O3. The molecule has 166 valence electrons. The van der Waals surface area contributed by atoms with Crippen molar-refractivity contribution in [1.82, 2.24) is 4.90 Å². The van der Waals surface area contributed by atoms with Crippen LogP contribution in [0.15, 0.2) is 42.1 Å². The Balaban J connectivity index is 1.48. The summed E-state index contributed by atoms with van der Waals surface area (Å²) in [5.41, 5.74) is 0.772. The number of allylic oxidation sites excluding steroid dienone is 1. The molecule has 0 aliphatic carbocycles. The molecule has 1 saturated heterocycles. The first-order chi connectivity index (χ1) is 15.0. The zero-order chi connectivity index (χ0) is 21.8. The lowest BCUT2D eigenvalue weighted by Gasteiger charge is -2.31. The standard InChI is InChI=1S/C22H24F3N3O3/c23-22(24,25)16-7-8-19-18(13-16)26-14-20-27(15-17(28(19)20)5-3-10-29)9-4-12-31-21-6-1-2-11-30-21/h7-8,13-15,21,26,29H,1-2,4,6,9-12H2. The van der Waals surface area contributed by atoms with Crippen molar-refractivity contribution in [3.05, 3.63) is 47.7 Å². The van der Waals surface area contributed by atoms with Crippen LogP contribution < -0.4 is 10.2 Å². The summed E-state index contributed by atoms with van der Waals surface area (Å²) >= 11 is 0. The van der Waals surface area contributed by atoms with Gasteiger partial charge in [0.15, 0.2) is 6.29 Å². The van der Waals surface area contributed by atoms with Gasteiger partial charge in [0.05, 0.1) is 23.5 Å². The van der Waals surface area contributed by atoms with E-state index < -0.39 is 11.7 Å². The van der Waals surface area contributed by atoms with E-state index in [0.717, 1.165) is 50.2 Å². The number of rotatable bonds is 5. The summed E-state index contributed by atoms with van der Waals surface area (Å²) in [5.74, 6) is 6.27. The second-order valence-corrected chi connectivity index (χ2v) is 7.40. The molecule has 1 fully saturated rings. The van der Waals surface area contributed by atoms with E-state index in [1.807, 2.05) is 11.1 Å². The van der Waals surface area contributed by atoms with Crippen LogP contribution in [-0.4, -0.2) is 42.7 Å². The van der Waals surface area contributed by atoms with E-state index in [-0.39, 0.29) is 12.9 Å². The Morgan fingerprint density at radius 3 is 2.90 bits per heavy atom. The van der Waals surface area contributed by atoms with Gasteiger partial charge in [-0.2, -0.15) is 13.2 Å². The van der Waals surface area contributed by atoms with Gasteiger partial charge in [0.2, 0.25) is 0 Å². The van der Waals surface area contributed by atoms with Gasteiger partial charge in [-0.25, -0.2) is 0 Å². The number of anilines is 2. The summed E-state index contributed by atoms with van der Waals surface area (Å²) in [6.07, 6.45) is 2.75. The molecule has 0 aromatic heterocycles. The van der Waals surface area contributed by atoms with Gasteiger partial charge < -0.3 is 24.8 Å². The molecule has 0 spiro atoms. The first-order valence-electron chi connectivity index (χ1n) is 10.3. The van der Waals surface area contributed by atoms with Crippen molar-refractivity contribution in [1.29, 1.82) is 0 Å². The highest BCUT2D eigenvalue weighted by Gasteiger charge is 2.35. The number of hydrogen-bond acceptors (Lipinski definition) is 6. The molecule has 6 nitrogen and oxygen atoms in total. The minimum absolute atomic E-state index is 0.143. The molecule has 0 radical (unpaired) electrons. The summed E-state index contributed by atoms with van der Waals surface area (Å²) in [5, 5.41) is 12.1. The normalized spacial score (nSPS) is 20.2. The third-order valence-corrected chi connectivity index (χ3v) is 5.24. The van der Waals surface area contributed by atoms with Crippen LogP contribution >= 0.6 is 0 Å². The van der Waals surface area contributed by atoms with Crippen molar-refractivity contribution in [3.8, 4) is 11.8 Å². The van der Waals surface area contributed by atoms with Crippen molar-refractivity contribution >= 4 is 11.4 Å². The Bertz CT molecular complexity index is 927. The molecule has 4 rings (SSSR count). The number of benzene rings is 1. The zero-order valence-electron chi connectivity index (χ0n) is 16.9. The number of nitrogens with one attached hydrogen (secondary N) is 1. The molecular weight excluding hydrogens is 411 g/mol. The molecule has 1 aromatic carbocycles. The topological polar surface area (TPSA) is 57.2 Å². The van der Waals surface area contributed by atoms with Crippen LogP contribution in [0.2, 0.25) is 0 Å². The zero-order valence-corrected chi connectivity index (χ0v) is 16.9. The molecule has 1 unspecified atom stereocenters. The smallest absolute Gasteiger partial charge is 0.384 e. The Kier molecular flexibility index (Phi) is 6.41. The highest BCUT2D eigenvalue weighted by atomic mass is 19.4. The molecule has 1 aromatic rings. The number of alkyl halides is 3. The van der Waals surface area contributed by atoms with Crippen LogP contribution in [0.3, 0.4) is 0 Å². The third-order valence-electron chi connectivity index (χ3n) is 5.24. The van der Waals surface area contributed by atoms with Crippen LogP contribution in [-0.2, 0) is 15.7 Å². The van der Waals surface area contributed by atoms with Gasteiger partial charge in [-0.05, 0) is 49.8 Å². The Hall–Kier alpha value is -2.67. The second kappa shape index (κ2) is 9.22. The molecule has 0 saturated carbocycles. The van der Waals surface area contributed by atoms with E-state index in [9.17, 15) is 13.2 Å². The Morgan fingerprint density at radius 1 is 1.29 bits per heavy atom. The quantitative estimate of drug-likeness (QED) is 0.542. The molecule has 1 atom stereocenters. The van der Waals surface area contributed by atoms with Crippen molar-refractivity contribution in [2.45, 2.75) is 38.1 Å². The Labute approximate surface area is 178 Å². The molecule has 3 aliphatic rings. The molecule has 2 N–H and O–H groups in total. The highest BCUT2D eigenvalue weighted by Crippen LogP contribution is 2.42. The van der Waals surface area contributed by atoms with Gasteiger partial charge in [0, 0.05) is 25.6 Å². The minimum atomic E-state index is -4.42. The maximum Gasteiger partial charge on any atom is 0.416 e. The molecule has 9 heteroatoms. The number of hydrogen-bond donors (Lipinski definition) is 2. The lowest BCUT2D eigenvalue weighted by molar-refractivity contribution is -0.162. The van der Waals surface area contributed by atoms with Gasteiger partial charge >= 0.3 is 6.18 Å². The number of fused-ring (bicyclic) bond motifs is 3. The van der Waals surface area contributed by atoms with E-state index in [1.165, 1.54) is 6.07 Å².